The zero-order valence-corrected chi connectivity index (χ0v) is 13.1. The molecule has 0 aliphatic carbocycles. The van der Waals surface area contributed by atoms with Crippen molar-refractivity contribution in [3.8, 4) is 22.4 Å². The molecule has 3 aromatic rings. The van der Waals surface area contributed by atoms with Gasteiger partial charge in [-0.15, -0.1) is 0 Å². The van der Waals surface area contributed by atoms with E-state index in [0.29, 0.717) is 11.5 Å². The van der Waals surface area contributed by atoms with Gasteiger partial charge >= 0.3 is 0 Å². The molecule has 0 saturated heterocycles. The maximum Gasteiger partial charge on any atom is 0.126 e. The molecule has 0 atom stereocenters. The molecule has 2 aromatic carbocycles. The third-order valence-electron chi connectivity index (χ3n) is 3.81. The van der Waals surface area contributed by atoms with E-state index >= 15 is 0 Å². The van der Waals surface area contributed by atoms with Gasteiger partial charge in [-0.1, -0.05) is 38.1 Å². The molecule has 0 amide bonds. The maximum atomic E-state index is 13.4. The van der Waals surface area contributed by atoms with E-state index in [4.69, 9.17) is 0 Å². The van der Waals surface area contributed by atoms with Crippen molar-refractivity contribution in [2.24, 2.45) is 0 Å². The molecule has 0 N–H and O–H groups in total. The van der Waals surface area contributed by atoms with Crippen LogP contribution in [-0.4, -0.2) is 4.98 Å². The molecule has 3 rings (SSSR count). The van der Waals surface area contributed by atoms with Gasteiger partial charge in [-0.05, 0) is 46.9 Å². The Labute approximate surface area is 134 Å². The number of pyridine rings is 1. The second-order valence-electron chi connectivity index (χ2n) is 5.87. The summed E-state index contributed by atoms with van der Waals surface area (Å²) in [4.78, 5) is 4.49. The molecule has 0 bridgehead atoms. The molecule has 0 aliphatic rings. The third-order valence-corrected chi connectivity index (χ3v) is 3.81. The average molecular weight is 309 g/mol. The van der Waals surface area contributed by atoms with Crippen LogP contribution in [0.3, 0.4) is 0 Å². The highest BCUT2D eigenvalue weighted by molar-refractivity contribution is 5.71. The highest BCUT2D eigenvalue weighted by Gasteiger charge is 2.07. The first-order valence-corrected chi connectivity index (χ1v) is 7.56. The van der Waals surface area contributed by atoms with E-state index in [1.807, 2.05) is 36.5 Å². The van der Waals surface area contributed by atoms with Crippen LogP contribution in [0, 0.1) is 11.6 Å². The van der Waals surface area contributed by atoms with Crippen molar-refractivity contribution in [2.45, 2.75) is 19.8 Å². The first kappa shape index (κ1) is 15.3. The number of nitrogens with zero attached hydrogens (tertiary/aromatic N) is 1. The van der Waals surface area contributed by atoms with Crippen LogP contribution in [0.4, 0.5) is 8.78 Å². The standard InChI is InChI=1S/C20H17F2N/c1-13(2)16-6-7-20(23-12-16)15-5-3-4-14(8-15)17-9-18(21)11-19(22)10-17/h3-13H,1-2H3. The summed E-state index contributed by atoms with van der Waals surface area (Å²) in [6.07, 6.45) is 1.87. The molecule has 0 fully saturated rings. The van der Waals surface area contributed by atoms with Crippen molar-refractivity contribution < 1.29 is 8.78 Å². The molecule has 0 aliphatic heterocycles. The fraction of sp³-hybridized carbons (Fsp3) is 0.150. The summed E-state index contributed by atoms with van der Waals surface area (Å²) in [6, 6.07) is 15.1. The zero-order valence-electron chi connectivity index (χ0n) is 13.1. The lowest BCUT2D eigenvalue weighted by Crippen LogP contribution is -1.91. The minimum atomic E-state index is -0.579. The largest absolute Gasteiger partial charge is 0.256 e. The Morgan fingerprint density at radius 1 is 0.783 bits per heavy atom. The van der Waals surface area contributed by atoms with Crippen LogP contribution in [0.2, 0.25) is 0 Å². The number of hydrogen-bond donors (Lipinski definition) is 0. The molecule has 1 nitrogen and oxygen atoms in total. The molecule has 0 radical (unpaired) electrons. The lowest BCUT2D eigenvalue weighted by Gasteiger charge is -2.08. The highest BCUT2D eigenvalue weighted by atomic mass is 19.1. The molecule has 116 valence electrons. The Balaban J connectivity index is 1.99. The van der Waals surface area contributed by atoms with Gasteiger partial charge in [-0.25, -0.2) is 8.78 Å². The number of halogens is 2. The second kappa shape index (κ2) is 6.29. The Morgan fingerprint density at radius 2 is 1.48 bits per heavy atom. The van der Waals surface area contributed by atoms with E-state index in [9.17, 15) is 8.78 Å². The Morgan fingerprint density at radius 3 is 2.09 bits per heavy atom. The Kier molecular flexibility index (Phi) is 4.20. The maximum absolute atomic E-state index is 13.4. The van der Waals surface area contributed by atoms with E-state index in [0.717, 1.165) is 22.9 Å². The SMILES string of the molecule is CC(C)c1ccc(-c2cccc(-c3cc(F)cc(F)c3)c2)nc1. The van der Waals surface area contributed by atoms with Gasteiger partial charge in [-0.2, -0.15) is 0 Å². The minimum absolute atomic E-state index is 0.429. The van der Waals surface area contributed by atoms with Gasteiger partial charge in [0, 0.05) is 17.8 Å². The normalized spacial score (nSPS) is 11.0. The van der Waals surface area contributed by atoms with E-state index < -0.39 is 11.6 Å². The van der Waals surface area contributed by atoms with E-state index in [1.165, 1.54) is 17.7 Å². The summed E-state index contributed by atoms with van der Waals surface area (Å²) in [7, 11) is 0. The van der Waals surface area contributed by atoms with Gasteiger partial charge in [0.05, 0.1) is 5.69 Å². The monoisotopic (exact) mass is 309 g/mol. The molecule has 0 saturated carbocycles. The predicted octanol–water partition coefficient (Wildman–Crippen LogP) is 5.82. The van der Waals surface area contributed by atoms with Crippen molar-refractivity contribution in [3.05, 3.63) is 78.0 Å². The summed E-state index contributed by atoms with van der Waals surface area (Å²) in [5.41, 5.74) is 4.21. The van der Waals surface area contributed by atoms with Crippen LogP contribution in [-0.2, 0) is 0 Å². The molecule has 3 heteroatoms. The van der Waals surface area contributed by atoms with E-state index in [1.54, 1.807) is 0 Å². The smallest absolute Gasteiger partial charge is 0.126 e. The summed E-state index contributed by atoms with van der Waals surface area (Å²) in [6.45, 7) is 4.24. The van der Waals surface area contributed by atoms with Crippen LogP contribution >= 0.6 is 0 Å². The van der Waals surface area contributed by atoms with Gasteiger partial charge in [0.1, 0.15) is 11.6 Å². The lowest BCUT2D eigenvalue weighted by molar-refractivity contribution is 0.584. The molecular weight excluding hydrogens is 292 g/mol. The topological polar surface area (TPSA) is 12.9 Å². The summed E-state index contributed by atoms with van der Waals surface area (Å²) < 4.78 is 26.8. The van der Waals surface area contributed by atoms with Crippen LogP contribution in [0.25, 0.3) is 22.4 Å². The van der Waals surface area contributed by atoms with E-state index in [-0.39, 0.29) is 0 Å². The van der Waals surface area contributed by atoms with Gasteiger partial charge in [-0.3, -0.25) is 4.98 Å². The van der Waals surface area contributed by atoms with Gasteiger partial charge in [0.2, 0.25) is 0 Å². The van der Waals surface area contributed by atoms with Gasteiger partial charge in [0.25, 0.3) is 0 Å². The zero-order chi connectivity index (χ0) is 16.4. The van der Waals surface area contributed by atoms with Crippen LogP contribution in [0.5, 0.6) is 0 Å². The number of hydrogen-bond acceptors (Lipinski definition) is 1. The molecule has 23 heavy (non-hydrogen) atoms. The minimum Gasteiger partial charge on any atom is -0.256 e. The van der Waals surface area contributed by atoms with Crippen LogP contribution < -0.4 is 0 Å². The fourth-order valence-electron chi connectivity index (χ4n) is 2.50. The Hall–Kier alpha value is -2.55. The predicted molar refractivity (Wildman–Crippen MR) is 89.1 cm³/mol. The third kappa shape index (κ3) is 3.45. The average Bonchev–Trinajstić information content (AvgIpc) is 2.54. The van der Waals surface area contributed by atoms with Crippen molar-refractivity contribution >= 4 is 0 Å². The number of benzene rings is 2. The number of rotatable bonds is 3. The molecule has 1 aromatic heterocycles. The first-order valence-electron chi connectivity index (χ1n) is 7.56. The van der Waals surface area contributed by atoms with Crippen molar-refractivity contribution in [1.29, 1.82) is 0 Å². The van der Waals surface area contributed by atoms with Crippen molar-refractivity contribution in [3.63, 3.8) is 0 Å². The van der Waals surface area contributed by atoms with Crippen LogP contribution in [0.15, 0.2) is 60.8 Å². The van der Waals surface area contributed by atoms with Gasteiger partial charge in [0.15, 0.2) is 0 Å². The van der Waals surface area contributed by atoms with E-state index in [2.05, 4.69) is 24.9 Å². The quantitative estimate of drug-likeness (QED) is 0.594. The lowest BCUT2D eigenvalue weighted by atomic mass is 10.00. The molecule has 0 unspecified atom stereocenters. The number of aromatic nitrogens is 1. The Bertz CT molecular complexity index is 803. The van der Waals surface area contributed by atoms with Crippen LogP contribution in [0.1, 0.15) is 25.3 Å². The fourth-order valence-corrected chi connectivity index (χ4v) is 2.50. The van der Waals surface area contributed by atoms with Crippen molar-refractivity contribution in [1.82, 2.24) is 4.98 Å². The highest BCUT2D eigenvalue weighted by Crippen LogP contribution is 2.27. The molecular formula is C20H17F2N. The van der Waals surface area contributed by atoms with Crippen molar-refractivity contribution in [2.75, 3.05) is 0 Å². The molecule has 1 heterocycles. The van der Waals surface area contributed by atoms with Gasteiger partial charge < -0.3 is 0 Å². The first-order chi connectivity index (χ1) is 11.0. The summed E-state index contributed by atoms with van der Waals surface area (Å²) >= 11 is 0. The summed E-state index contributed by atoms with van der Waals surface area (Å²) in [5, 5.41) is 0. The summed E-state index contributed by atoms with van der Waals surface area (Å²) in [5.74, 6) is -0.729. The molecule has 0 spiro atoms. The second-order valence-corrected chi connectivity index (χ2v) is 5.87.